The zero-order valence-electron chi connectivity index (χ0n) is 13.7. The maximum absolute atomic E-state index is 12.0. The Labute approximate surface area is 147 Å². The second kappa shape index (κ2) is 8.19. The number of aromatic nitrogens is 3. The van der Waals surface area contributed by atoms with Crippen molar-refractivity contribution in [1.29, 1.82) is 0 Å². The largest absolute Gasteiger partial charge is 0.367 e. The second-order valence-electron chi connectivity index (χ2n) is 5.58. The zero-order valence-corrected chi connectivity index (χ0v) is 14.5. The second-order valence-corrected chi connectivity index (χ2v) is 7.33. The number of nitrogens with zero attached hydrogens (tertiary/aromatic N) is 4. The molecule has 9 nitrogen and oxygen atoms in total. The van der Waals surface area contributed by atoms with Crippen LogP contribution in [0.3, 0.4) is 0 Å². The van der Waals surface area contributed by atoms with Crippen molar-refractivity contribution >= 4 is 27.7 Å². The van der Waals surface area contributed by atoms with Crippen LogP contribution in [0.25, 0.3) is 0 Å². The van der Waals surface area contributed by atoms with Crippen molar-refractivity contribution in [2.45, 2.75) is 12.8 Å². The van der Waals surface area contributed by atoms with Crippen LogP contribution in [0.2, 0.25) is 0 Å². The van der Waals surface area contributed by atoms with E-state index >= 15 is 0 Å². The van der Waals surface area contributed by atoms with E-state index < -0.39 is 10.2 Å². The minimum Gasteiger partial charge on any atom is -0.367 e. The van der Waals surface area contributed by atoms with Crippen LogP contribution < -0.4 is 15.4 Å². The SMILES string of the molecule is O=S(=O)(NCCNc1ccc(Nc2ccccn2)nn1)N1CCCC1. The summed E-state index contributed by atoms with van der Waals surface area (Å²) in [6.07, 6.45) is 3.54. The normalized spacial score (nSPS) is 15.2. The molecule has 3 heterocycles. The number of anilines is 3. The van der Waals surface area contributed by atoms with Gasteiger partial charge in [0.25, 0.3) is 10.2 Å². The van der Waals surface area contributed by atoms with Gasteiger partial charge in [-0.3, -0.25) is 0 Å². The fourth-order valence-electron chi connectivity index (χ4n) is 2.45. The molecule has 10 heteroatoms. The fraction of sp³-hybridized carbons (Fsp3) is 0.400. The van der Waals surface area contributed by atoms with Crippen LogP contribution in [-0.4, -0.2) is 54.1 Å². The van der Waals surface area contributed by atoms with Gasteiger partial charge >= 0.3 is 0 Å². The van der Waals surface area contributed by atoms with Gasteiger partial charge in [0.05, 0.1) is 0 Å². The van der Waals surface area contributed by atoms with Gasteiger partial charge in [0.15, 0.2) is 5.82 Å². The summed E-state index contributed by atoms with van der Waals surface area (Å²) in [7, 11) is -3.37. The summed E-state index contributed by atoms with van der Waals surface area (Å²) in [5, 5.41) is 14.2. The first kappa shape index (κ1) is 17.5. The molecule has 0 unspecified atom stereocenters. The van der Waals surface area contributed by atoms with E-state index in [2.05, 4.69) is 30.5 Å². The van der Waals surface area contributed by atoms with E-state index in [-0.39, 0.29) is 6.54 Å². The van der Waals surface area contributed by atoms with Crippen molar-refractivity contribution in [2.75, 3.05) is 36.8 Å². The highest BCUT2D eigenvalue weighted by Gasteiger charge is 2.24. The predicted molar refractivity (Wildman–Crippen MR) is 95.8 cm³/mol. The lowest BCUT2D eigenvalue weighted by Crippen LogP contribution is -2.40. The summed E-state index contributed by atoms with van der Waals surface area (Å²) in [6.45, 7) is 1.90. The molecule has 2 aromatic rings. The summed E-state index contributed by atoms with van der Waals surface area (Å²) < 4.78 is 28.1. The van der Waals surface area contributed by atoms with E-state index in [0.717, 1.165) is 12.8 Å². The molecule has 1 saturated heterocycles. The molecule has 1 fully saturated rings. The predicted octanol–water partition coefficient (Wildman–Crippen LogP) is 0.957. The minimum atomic E-state index is -3.37. The van der Waals surface area contributed by atoms with Crippen LogP contribution in [-0.2, 0) is 10.2 Å². The molecular formula is C15H21N7O2S. The molecule has 0 spiro atoms. The van der Waals surface area contributed by atoms with Gasteiger partial charge in [0.1, 0.15) is 11.6 Å². The van der Waals surface area contributed by atoms with Crippen molar-refractivity contribution in [3.05, 3.63) is 36.5 Å². The first-order chi connectivity index (χ1) is 12.1. The first-order valence-electron chi connectivity index (χ1n) is 8.14. The molecule has 3 N–H and O–H groups in total. The molecule has 3 rings (SSSR count). The van der Waals surface area contributed by atoms with E-state index in [0.29, 0.717) is 37.1 Å². The van der Waals surface area contributed by atoms with Gasteiger partial charge in [0, 0.05) is 32.4 Å². The molecule has 0 atom stereocenters. The number of hydrogen-bond acceptors (Lipinski definition) is 7. The van der Waals surface area contributed by atoms with Gasteiger partial charge in [-0.2, -0.15) is 12.7 Å². The summed E-state index contributed by atoms with van der Waals surface area (Å²) in [4.78, 5) is 4.15. The van der Waals surface area contributed by atoms with E-state index in [1.54, 1.807) is 18.3 Å². The van der Waals surface area contributed by atoms with Gasteiger partial charge < -0.3 is 10.6 Å². The van der Waals surface area contributed by atoms with Crippen molar-refractivity contribution in [2.24, 2.45) is 0 Å². The topological polar surface area (TPSA) is 112 Å². The molecule has 1 aliphatic rings. The number of nitrogens with one attached hydrogen (secondary N) is 3. The molecule has 1 aliphatic heterocycles. The number of pyridine rings is 1. The quantitative estimate of drug-likeness (QED) is 0.599. The zero-order chi connectivity index (χ0) is 17.5. The van der Waals surface area contributed by atoms with Crippen LogP contribution in [0, 0.1) is 0 Å². The van der Waals surface area contributed by atoms with Crippen LogP contribution in [0.4, 0.5) is 17.5 Å². The average Bonchev–Trinajstić information content (AvgIpc) is 3.17. The van der Waals surface area contributed by atoms with Gasteiger partial charge in [-0.25, -0.2) is 9.71 Å². The Morgan fingerprint density at radius 3 is 2.40 bits per heavy atom. The molecule has 0 radical (unpaired) electrons. The van der Waals surface area contributed by atoms with Crippen LogP contribution in [0.1, 0.15) is 12.8 Å². The Morgan fingerprint density at radius 2 is 1.72 bits per heavy atom. The Balaban J connectivity index is 1.43. The highest BCUT2D eigenvalue weighted by Crippen LogP contribution is 2.12. The highest BCUT2D eigenvalue weighted by atomic mass is 32.2. The Bertz CT molecular complexity index is 762. The Hall–Kier alpha value is -2.30. The maximum Gasteiger partial charge on any atom is 0.279 e. The van der Waals surface area contributed by atoms with Crippen molar-refractivity contribution < 1.29 is 8.42 Å². The van der Waals surface area contributed by atoms with Crippen LogP contribution in [0.15, 0.2) is 36.5 Å². The third kappa shape index (κ3) is 5.08. The maximum atomic E-state index is 12.0. The van der Waals surface area contributed by atoms with E-state index in [4.69, 9.17) is 0 Å². The molecule has 0 bridgehead atoms. The summed E-state index contributed by atoms with van der Waals surface area (Å²) in [5.74, 6) is 1.85. The summed E-state index contributed by atoms with van der Waals surface area (Å²) in [5.41, 5.74) is 0. The molecular weight excluding hydrogens is 342 g/mol. The third-order valence-corrected chi connectivity index (χ3v) is 5.32. The molecule has 2 aromatic heterocycles. The van der Waals surface area contributed by atoms with E-state index in [1.165, 1.54) is 4.31 Å². The smallest absolute Gasteiger partial charge is 0.279 e. The molecule has 0 aromatic carbocycles. The van der Waals surface area contributed by atoms with Crippen molar-refractivity contribution in [3.8, 4) is 0 Å². The average molecular weight is 363 g/mol. The third-order valence-electron chi connectivity index (χ3n) is 3.71. The van der Waals surface area contributed by atoms with Gasteiger partial charge in [0.2, 0.25) is 0 Å². The van der Waals surface area contributed by atoms with Crippen molar-refractivity contribution in [3.63, 3.8) is 0 Å². The summed E-state index contributed by atoms with van der Waals surface area (Å²) >= 11 is 0. The monoisotopic (exact) mass is 363 g/mol. The van der Waals surface area contributed by atoms with E-state index in [9.17, 15) is 8.42 Å². The van der Waals surface area contributed by atoms with Crippen molar-refractivity contribution in [1.82, 2.24) is 24.2 Å². The first-order valence-corrected chi connectivity index (χ1v) is 9.58. The van der Waals surface area contributed by atoms with Gasteiger partial charge in [-0.1, -0.05) is 6.07 Å². The highest BCUT2D eigenvalue weighted by molar-refractivity contribution is 7.87. The van der Waals surface area contributed by atoms with Crippen LogP contribution >= 0.6 is 0 Å². The van der Waals surface area contributed by atoms with Gasteiger partial charge in [-0.15, -0.1) is 10.2 Å². The van der Waals surface area contributed by atoms with E-state index in [1.807, 2.05) is 18.2 Å². The molecule has 0 aliphatic carbocycles. The number of rotatable bonds is 8. The van der Waals surface area contributed by atoms with Gasteiger partial charge in [-0.05, 0) is 37.1 Å². The lowest BCUT2D eigenvalue weighted by atomic mass is 10.4. The fourth-order valence-corrected chi connectivity index (χ4v) is 3.73. The molecule has 134 valence electrons. The Kier molecular flexibility index (Phi) is 5.74. The standard InChI is InChI=1S/C15H21N7O2S/c23-25(24,22-11-3-4-12-22)18-10-9-17-14-6-7-15(21-20-14)19-13-5-1-2-8-16-13/h1-2,5-8,18H,3-4,9-12H2,(H,17,20)(H,16,19,21). The van der Waals surface area contributed by atoms with Crippen LogP contribution in [0.5, 0.6) is 0 Å². The molecule has 0 saturated carbocycles. The molecule has 0 amide bonds. The summed E-state index contributed by atoms with van der Waals surface area (Å²) in [6, 6.07) is 9.09. The lowest BCUT2D eigenvalue weighted by molar-refractivity contribution is 0.466. The minimum absolute atomic E-state index is 0.286. The number of hydrogen-bond donors (Lipinski definition) is 3. The Morgan fingerprint density at radius 1 is 0.960 bits per heavy atom. The molecule has 25 heavy (non-hydrogen) atoms. The lowest BCUT2D eigenvalue weighted by Gasteiger charge is -2.16.